The van der Waals surface area contributed by atoms with Gasteiger partial charge in [-0.15, -0.1) is 0 Å². The molecule has 0 unspecified atom stereocenters. The minimum absolute atomic E-state index is 0.302. The highest BCUT2D eigenvalue weighted by atomic mass is 19.1. The fourth-order valence-electron chi connectivity index (χ4n) is 1.73. The summed E-state index contributed by atoms with van der Waals surface area (Å²) < 4.78 is 13.6. The average Bonchev–Trinajstić information content (AvgIpc) is 2.41. The molecule has 2 aromatic rings. The van der Waals surface area contributed by atoms with Gasteiger partial charge in [0.05, 0.1) is 5.69 Å². The minimum Gasteiger partial charge on any atom is -0.373 e. The van der Waals surface area contributed by atoms with Gasteiger partial charge in [0, 0.05) is 19.5 Å². The Balaban J connectivity index is 2.29. The maximum atomic E-state index is 13.6. The molecule has 0 aliphatic carbocycles. The first-order valence-corrected chi connectivity index (χ1v) is 6.30. The maximum Gasteiger partial charge on any atom is 0.146 e. The Labute approximate surface area is 112 Å². The van der Waals surface area contributed by atoms with E-state index < -0.39 is 0 Å². The van der Waals surface area contributed by atoms with Crippen molar-refractivity contribution in [1.29, 1.82) is 0 Å². The summed E-state index contributed by atoms with van der Waals surface area (Å²) >= 11 is 0. The topological polar surface area (TPSA) is 49.8 Å². The summed E-state index contributed by atoms with van der Waals surface area (Å²) in [6.07, 6.45) is 1.76. The second-order valence-corrected chi connectivity index (χ2v) is 4.16. The van der Waals surface area contributed by atoms with Crippen molar-refractivity contribution >= 4 is 17.3 Å². The van der Waals surface area contributed by atoms with E-state index in [1.807, 2.05) is 0 Å². The standard InChI is InChI=1S/C14H17FN4/c1-3-6-12-18-13(16-2)9-14(19-12)17-11-8-5-4-7-10(11)15/h4-5,7-9H,3,6H2,1-2H3,(H2,16,17,18,19). The van der Waals surface area contributed by atoms with E-state index in [2.05, 4.69) is 27.5 Å². The molecule has 0 aliphatic heterocycles. The number of para-hydroxylation sites is 1. The highest BCUT2D eigenvalue weighted by molar-refractivity contribution is 5.59. The zero-order chi connectivity index (χ0) is 13.7. The van der Waals surface area contributed by atoms with Crippen molar-refractivity contribution in [2.75, 3.05) is 17.7 Å². The van der Waals surface area contributed by atoms with Gasteiger partial charge in [-0.1, -0.05) is 19.1 Å². The minimum atomic E-state index is -0.302. The zero-order valence-corrected chi connectivity index (χ0v) is 11.1. The Kier molecular flexibility index (Phi) is 4.28. The Morgan fingerprint density at radius 2 is 1.89 bits per heavy atom. The number of halogens is 1. The van der Waals surface area contributed by atoms with E-state index in [1.54, 1.807) is 31.3 Å². The van der Waals surface area contributed by atoms with Crippen LogP contribution in [-0.2, 0) is 6.42 Å². The molecule has 0 radical (unpaired) electrons. The summed E-state index contributed by atoms with van der Waals surface area (Å²) in [5.41, 5.74) is 0.408. The van der Waals surface area contributed by atoms with Crippen molar-refractivity contribution in [1.82, 2.24) is 9.97 Å². The van der Waals surface area contributed by atoms with Crippen LogP contribution in [0.25, 0.3) is 0 Å². The molecule has 0 aliphatic rings. The first-order valence-electron chi connectivity index (χ1n) is 6.30. The summed E-state index contributed by atoms with van der Waals surface area (Å²) in [5.74, 6) is 1.75. The number of aromatic nitrogens is 2. The fraction of sp³-hybridized carbons (Fsp3) is 0.286. The summed E-state index contributed by atoms with van der Waals surface area (Å²) in [6.45, 7) is 2.07. The van der Waals surface area contributed by atoms with Crippen molar-refractivity contribution in [3.8, 4) is 0 Å². The molecule has 5 heteroatoms. The number of aryl methyl sites for hydroxylation is 1. The lowest BCUT2D eigenvalue weighted by Crippen LogP contribution is -2.04. The molecule has 19 heavy (non-hydrogen) atoms. The molecule has 1 aromatic heterocycles. The normalized spacial score (nSPS) is 10.3. The van der Waals surface area contributed by atoms with E-state index >= 15 is 0 Å². The van der Waals surface area contributed by atoms with Crippen LogP contribution in [0.5, 0.6) is 0 Å². The van der Waals surface area contributed by atoms with Gasteiger partial charge in [-0.3, -0.25) is 0 Å². The monoisotopic (exact) mass is 260 g/mol. The van der Waals surface area contributed by atoms with Crippen LogP contribution in [0.2, 0.25) is 0 Å². The third kappa shape index (κ3) is 3.40. The quantitative estimate of drug-likeness (QED) is 0.865. The molecule has 0 spiro atoms. The maximum absolute atomic E-state index is 13.6. The molecule has 4 nitrogen and oxygen atoms in total. The van der Waals surface area contributed by atoms with E-state index in [9.17, 15) is 4.39 Å². The van der Waals surface area contributed by atoms with Crippen LogP contribution >= 0.6 is 0 Å². The second kappa shape index (κ2) is 6.13. The first kappa shape index (κ1) is 13.3. The first-order chi connectivity index (χ1) is 9.22. The van der Waals surface area contributed by atoms with Crippen molar-refractivity contribution in [2.24, 2.45) is 0 Å². The molecule has 0 amide bonds. The molecule has 2 N–H and O–H groups in total. The van der Waals surface area contributed by atoms with Gasteiger partial charge < -0.3 is 10.6 Å². The van der Waals surface area contributed by atoms with Crippen molar-refractivity contribution in [3.63, 3.8) is 0 Å². The number of hydrogen-bond donors (Lipinski definition) is 2. The Hall–Kier alpha value is -2.17. The Bertz CT molecular complexity index is 557. The molecule has 0 atom stereocenters. The third-order valence-corrected chi connectivity index (χ3v) is 2.64. The molecule has 0 bridgehead atoms. The van der Waals surface area contributed by atoms with Gasteiger partial charge >= 0.3 is 0 Å². The van der Waals surface area contributed by atoms with Gasteiger partial charge in [0.15, 0.2) is 0 Å². The number of anilines is 3. The van der Waals surface area contributed by atoms with Gasteiger partial charge in [0.25, 0.3) is 0 Å². The fourth-order valence-corrected chi connectivity index (χ4v) is 1.73. The van der Waals surface area contributed by atoms with Crippen LogP contribution in [0.1, 0.15) is 19.2 Å². The molecular weight excluding hydrogens is 243 g/mol. The predicted octanol–water partition coefficient (Wildman–Crippen LogP) is 3.35. The molecule has 0 fully saturated rings. The molecule has 1 heterocycles. The van der Waals surface area contributed by atoms with E-state index in [-0.39, 0.29) is 5.82 Å². The van der Waals surface area contributed by atoms with Crippen LogP contribution in [0, 0.1) is 5.82 Å². The SMILES string of the molecule is CCCc1nc(NC)cc(Nc2ccccc2F)n1. The molecule has 100 valence electrons. The molecule has 1 aromatic carbocycles. The van der Waals surface area contributed by atoms with Crippen LogP contribution in [-0.4, -0.2) is 17.0 Å². The van der Waals surface area contributed by atoms with Crippen molar-refractivity contribution in [3.05, 3.63) is 42.0 Å². The Morgan fingerprint density at radius 3 is 2.58 bits per heavy atom. The molecule has 0 saturated carbocycles. The van der Waals surface area contributed by atoms with E-state index in [4.69, 9.17) is 0 Å². The number of benzene rings is 1. The zero-order valence-electron chi connectivity index (χ0n) is 11.1. The van der Waals surface area contributed by atoms with E-state index in [0.29, 0.717) is 11.5 Å². The van der Waals surface area contributed by atoms with Crippen LogP contribution < -0.4 is 10.6 Å². The van der Waals surface area contributed by atoms with Gasteiger partial charge in [-0.2, -0.15) is 0 Å². The van der Waals surface area contributed by atoms with Gasteiger partial charge in [0.1, 0.15) is 23.3 Å². The van der Waals surface area contributed by atoms with Crippen LogP contribution in [0.3, 0.4) is 0 Å². The van der Waals surface area contributed by atoms with Gasteiger partial charge in [-0.05, 0) is 18.6 Å². The highest BCUT2D eigenvalue weighted by Gasteiger charge is 2.06. The van der Waals surface area contributed by atoms with E-state index in [1.165, 1.54) is 6.07 Å². The Morgan fingerprint density at radius 1 is 1.16 bits per heavy atom. The number of nitrogens with one attached hydrogen (secondary N) is 2. The number of nitrogens with zero attached hydrogens (tertiary/aromatic N) is 2. The summed E-state index contributed by atoms with van der Waals surface area (Å²) in [5, 5.41) is 5.96. The lowest BCUT2D eigenvalue weighted by Gasteiger charge is -2.10. The lowest BCUT2D eigenvalue weighted by molar-refractivity contribution is 0.631. The van der Waals surface area contributed by atoms with Crippen LogP contribution in [0.15, 0.2) is 30.3 Å². The highest BCUT2D eigenvalue weighted by Crippen LogP contribution is 2.20. The smallest absolute Gasteiger partial charge is 0.146 e. The molecular formula is C14H17FN4. The summed E-state index contributed by atoms with van der Waals surface area (Å²) in [7, 11) is 1.80. The van der Waals surface area contributed by atoms with E-state index in [0.717, 1.165) is 24.5 Å². The predicted molar refractivity (Wildman–Crippen MR) is 75.3 cm³/mol. The van der Waals surface area contributed by atoms with Crippen LogP contribution in [0.4, 0.5) is 21.7 Å². The van der Waals surface area contributed by atoms with Gasteiger partial charge in [-0.25, -0.2) is 14.4 Å². The largest absolute Gasteiger partial charge is 0.373 e. The third-order valence-electron chi connectivity index (χ3n) is 2.64. The lowest BCUT2D eigenvalue weighted by atomic mass is 10.3. The summed E-state index contributed by atoms with van der Waals surface area (Å²) in [4.78, 5) is 8.73. The van der Waals surface area contributed by atoms with Crippen molar-refractivity contribution < 1.29 is 4.39 Å². The van der Waals surface area contributed by atoms with Crippen molar-refractivity contribution in [2.45, 2.75) is 19.8 Å². The second-order valence-electron chi connectivity index (χ2n) is 4.16. The molecule has 2 rings (SSSR count). The number of hydrogen-bond acceptors (Lipinski definition) is 4. The van der Waals surface area contributed by atoms with Gasteiger partial charge in [0.2, 0.25) is 0 Å². The number of rotatable bonds is 5. The average molecular weight is 260 g/mol. The molecule has 0 saturated heterocycles. The summed E-state index contributed by atoms with van der Waals surface area (Å²) in [6, 6.07) is 8.28.